The quantitative estimate of drug-likeness (QED) is 0.682. The highest BCUT2D eigenvalue weighted by Crippen LogP contribution is 2.45. The van der Waals surface area contributed by atoms with Crippen molar-refractivity contribution in [1.82, 2.24) is 15.0 Å². The van der Waals surface area contributed by atoms with Crippen molar-refractivity contribution in [3.63, 3.8) is 0 Å². The van der Waals surface area contributed by atoms with Gasteiger partial charge in [-0.1, -0.05) is 12.8 Å². The van der Waals surface area contributed by atoms with E-state index in [1.54, 1.807) is 5.51 Å². The normalized spacial score (nSPS) is 27.0. The highest BCUT2D eigenvalue weighted by molar-refractivity contribution is 7.16. The number of rotatable bonds is 3. The summed E-state index contributed by atoms with van der Waals surface area (Å²) in [4.78, 5) is 30.6. The molecule has 2 aromatic heterocycles. The summed E-state index contributed by atoms with van der Waals surface area (Å²) in [5.41, 5.74) is 4.85. The van der Waals surface area contributed by atoms with Crippen LogP contribution in [0, 0.1) is 17.8 Å². The molecule has 3 aliphatic carbocycles. The third-order valence-electron chi connectivity index (χ3n) is 4.77. The third-order valence-corrected chi connectivity index (χ3v) is 5.66. The number of hydrogen-bond acceptors (Lipinski definition) is 7. The maximum absolute atomic E-state index is 12.3. The summed E-state index contributed by atoms with van der Waals surface area (Å²) in [6, 6.07) is 0. The molecule has 2 bridgehead atoms. The van der Waals surface area contributed by atoms with Crippen LogP contribution in [-0.2, 0) is 9.63 Å². The van der Waals surface area contributed by atoms with E-state index in [9.17, 15) is 4.79 Å². The van der Waals surface area contributed by atoms with E-state index in [4.69, 9.17) is 16.4 Å². The number of hydrogen-bond donors (Lipinski definition) is 1. The molecule has 8 heteroatoms. The van der Waals surface area contributed by atoms with Gasteiger partial charge in [0.25, 0.3) is 0 Å². The fourth-order valence-corrected chi connectivity index (χ4v) is 4.53. The van der Waals surface area contributed by atoms with E-state index < -0.39 is 0 Å². The van der Waals surface area contributed by atoms with Crippen molar-refractivity contribution in [3.8, 4) is 0 Å². The SMILES string of the molecule is O=C(ONc1nc(Cl)nc2scnc12)C1CC2CCC1CC2. The first-order valence-corrected chi connectivity index (χ1v) is 8.70. The number of nitrogens with one attached hydrogen (secondary N) is 1. The molecule has 1 unspecified atom stereocenters. The molecule has 22 heavy (non-hydrogen) atoms. The van der Waals surface area contributed by atoms with Crippen LogP contribution in [-0.4, -0.2) is 20.9 Å². The lowest BCUT2D eigenvalue weighted by Gasteiger charge is -2.40. The lowest BCUT2D eigenvalue weighted by molar-refractivity contribution is -0.151. The topological polar surface area (TPSA) is 77.0 Å². The largest absolute Gasteiger partial charge is 0.342 e. The second-order valence-electron chi connectivity index (χ2n) is 5.99. The number of fused-ring (bicyclic) bond motifs is 4. The van der Waals surface area contributed by atoms with Gasteiger partial charge in [0.2, 0.25) is 5.28 Å². The van der Waals surface area contributed by atoms with Gasteiger partial charge in [0.05, 0.1) is 11.4 Å². The molecule has 0 spiro atoms. The van der Waals surface area contributed by atoms with Crippen molar-refractivity contribution in [1.29, 1.82) is 0 Å². The maximum atomic E-state index is 12.3. The molecule has 1 atom stereocenters. The van der Waals surface area contributed by atoms with Crippen LogP contribution >= 0.6 is 22.9 Å². The Labute approximate surface area is 136 Å². The summed E-state index contributed by atoms with van der Waals surface area (Å²) >= 11 is 7.23. The van der Waals surface area contributed by atoms with Gasteiger partial charge in [-0.3, -0.25) is 0 Å². The van der Waals surface area contributed by atoms with Gasteiger partial charge >= 0.3 is 5.97 Å². The summed E-state index contributed by atoms with van der Waals surface area (Å²) < 4.78 is 0. The fraction of sp³-hybridized carbons (Fsp3) is 0.571. The predicted octanol–water partition coefficient (Wildman–Crippen LogP) is 3.44. The maximum Gasteiger partial charge on any atom is 0.335 e. The number of halogens is 1. The molecule has 116 valence electrons. The molecule has 0 aromatic carbocycles. The standard InChI is InChI=1S/C14H15ClN4O2S/c15-14-17-11(10-12(18-14)22-6-16-10)19-21-13(20)9-5-7-1-3-8(9)4-2-7/h6-9H,1-5H2,(H,17,18,19). The van der Waals surface area contributed by atoms with E-state index in [1.807, 2.05) is 0 Å². The zero-order valence-corrected chi connectivity index (χ0v) is 13.4. The summed E-state index contributed by atoms with van der Waals surface area (Å²) in [5, 5.41) is 0.104. The van der Waals surface area contributed by atoms with Crippen molar-refractivity contribution in [2.24, 2.45) is 17.8 Å². The number of carbonyl (C=O) groups excluding carboxylic acids is 1. The summed E-state index contributed by atoms with van der Waals surface area (Å²) in [7, 11) is 0. The Balaban J connectivity index is 1.47. The molecule has 5 rings (SSSR count). The van der Waals surface area contributed by atoms with Crippen molar-refractivity contribution in [2.75, 3.05) is 5.48 Å². The van der Waals surface area contributed by atoms with E-state index >= 15 is 0 Å². The van der Waals surface area contributed by atoms with Gasteiger partial charge in [0.1, 0.15) is 5.52 Å². The fourth-order valence-electron chi connectivity index (χ4n) is 3.65. The highest BCUT2D eigenvalue weighted by atomic mass is 35.5. The predicted molar refractivity (Wildman–Crippen MR) is 83.5 cm³/mol. The van der Waals surface area contributed by atoms with E-state index in [-0.39, 0.29) is 17.2 Å². The average Bonchev–Trinajstić information content (AvgIpc) is 3.01. The van der Waals surface area contributed by atoms with Crippen LogP contribution in [0.25, 0.3) is 10.3 Å². The van der Waals surface area contributed by atoms with Gasteiger partial charge in [0.15, 0.2) is 10.6 Å². The van der Waals surface area contributed by atoms with E-state index in [2.05, 4.69) is 20.4 Å². The summed E-state index contributed by atoms with van der Waals surface area (Å²) in [6.45, 7) is 0. The zero-order valence-electron chi connectivity index (χ0n) is 11.8. The Kier molecular flexibility index (Phi) is 3.62. The monoisotopic (exact) mass is 338 g/mol. The first-order valence-electron chi connectivity index (χ1n) is 7.44. The minimum Gasteiger partial charge on any atom is -0.342 e. The minimum absolute atomic E-state index is 0.00299. The van der Waals surface area contributed by atoms with Crippen molar-refractivity contribution < 1.29 is 9.63 Å². The Morgan fingerprint density at radius 2 is 2.14 bits per heavy atom. The van der Waals surface area contributed by atoms with Gasteiger partial charge in [-0.2, -0.15) is 10.5 Å². The van der Waals surface area contributed by atoms with Gasteiger partial charge in [0, 0.05) is 0 Å². The van der Waals surface area contributed by atoms with Crippen LogP contribution in [0.2, 0.25) is 5.28 Å². The van der Waals surface area contributed by atoms with Crippen molar-refractivity contribution >= 4 is 45.1 Å². The molecular weight excluding hydrogens is 324 g/mol. The average molecular weight is 339 g/mol. The molecule has 0 saturated heterocycles. The Hall–Kier alpha value is -1.47. The van der Waals surface area contributed by atoms with Crippen LogP contribution in [0.4, 0.5) is 5.82 Å². The Morgan fingerprint density at radius 1 is 1.32 bits per heavy atom. The van der Waals surface area contributed by atoms with Crippen LogP contribution < -0.4 is 5.48 Å². The number of thiazole rings is 1. The van der Waals surface area contributed by atoms with Gasteiger partial charge in [-0.25, -0.2) is 14.8 Å². The van der Waals surface area contributed by atoms with Crippen LogP contribution in [0.5, 0.6) is 0 Å². The van der Waals surface area contributed by atoms with E-state index in [0.29, 0.717) is 28.0 Å². The first-order chi connectivity index (χ1) is 10.7. The molecule has 3 fully saturated rings. The second-order valence-corrected chi connectivity index (χ2v) is 7.16. The Bertz CT molecular complexity index is 714. The molecule has 0 radical (unpaired) electrons. The minimum atomic E-state index is -0.201. The number of nitrogens with zero attached hydrogens (tertiary/aromatic N) is 3. The summed E-state index contributed by atoms with van der Waals surface area (Å²) in [6.07, 6.45) is 5.73. The number of aromatic nitrogens is 3. The van der Waals surface area contributed by atoms with E-state index in [0.717, 1.165) is 19.3 Å². The van der Waals surface area contributed by atoms with Gasteiger partial charge in [-0.05, 0) is 42.7 Å². The molecule has 3 aliphatic rings. The number of anilines is 1. The molecule has 2 aromatic rings. The van der Waals surface area contributed by atoms with Crippen LogP contribution in [0.15, 0.2) is 5.51 Å². The summed E-state index contributed by atoms with van der Waals surface area (Å²) in [5.74, 6) is 1.29. The van der Waals surface area contributed by atoms with Gasteiger partial charge < -0.3 is 4.84 Å². The lowest BCUT2D eigenvalue weighted by atomic mass is 9.65. The van der Waals surface area contributed by atoms with E-state index in [1.165, 1.54) is 24.2 Å². The molecular formula is C14H15ClN4O2S. The highest BCUT2D eigenvalue weighted by Gasteiger charge is 2.40. The molecule has 2 heterocycles. The molecule has 0 amide bonds. The molecule has 6 nitrogen and oxygen atoms in total. The number of carbonyl (C=O) groups is 1. The molecule has 1 N–H and O–H groups in total. The van der Waals surface area contributed by atoms with Crippen LogP contribution in [0.1, 0.15) is 32.1 Å². The Morgan fingerprint density at radius 3 is 2.86 bits per heavy atom. The molecule has 0 aliphatic heterocycles. The lowest BCUT2D eigenvalue weighted by Crippen LogP contribution is -2.37. The third kappa shape index (κ3) is 2.52. The zero-order chi connectivity index (χ0) is 15.1. The van der Waals surface area contributed by atoms with Crippen LogP contribution in [0.3, 0.4) is 0 Å². The first kappa shape index (κ1) is 14.1. The van der Waals surface area contributed by atoms with Gasteiger partial charge in [-0.15, -0.1) is 11.3 Å². The van der Waals surface area contributed by atoms with Crippen molar-refractivity contribution in [3.05, 3.63) is 10.8 Å². The molecule has 3 saturated carbocycles. The second kappa shape index (κ2) is 5.62. The smallest absolute Gasteiger partial charge is 0.335 e. The van der Waals surface area contributed by atoms with Crippen molar-refractivity contribution in [2.45, 2.75) is 32.1 Å².